The Hall–Kier alpha value is -2.86. The number of carbonyl (C=O) groups excluding carboxylic acids is 3. The van der Waals surface area contributed by atoms with E-state index >= 15 is 0 Å². The lowest BCUT2D eigenvalue weighted by Crippen LogP contribution is -2.25. The second kappa shape index (κ2) is 10.2. The van der Waals surface area contributed by atoms with Gasteiger partial charge < -0.3 is 15.4 Å². The van der Waals surface area contributed by atoms with Crippen LogP contribution in [0.5, 0.6) is 0 Å². The Bertz CT molecular complexity index is 748. The molecule has 0 saturated carbocycles. The predicted molar refractivity (Wildman–Crippen MR) is 98.6 cm³/mol. The highest BCUT2D eigenvalue weighted by atomic mass is 35.5. The minimum atomic E-state index is -0.605. The van der Waals surface area contributed by atoms with Crippen molar-refractivity contribution in [3.05, 3.63) is 65.2 Å². The van der Waals surface area contributed by atoms with Crippen molar-refractivity contribution in [3.63, 3.8) is 0 Å². The van der Waals surface area contributed by atoms with E-state index in [1.165, 1.54) is 0 Å². The maximum absolute atomic E-state index is 11.7. The number of halogens is 1. The molecular formula is C19H19ClN2O4. The monoisotopic (exact) mass is 374 g/mol. The molecule has 0 heterocycles. The van der Waals surface area contributed by atoms with Crippen LogP contribution < -0.4 is 10.6 Å². The molecule has 0 aliphatic heterocycles. The first-order valence-electron chi connectivity index (χ1n) is 8.04. The van der Waals surface area contributed by atoms with Crippen LogP contribution in [-0.4, -0.2) is 24.4 Å². The summed E-state index contributed by atoms with van der Waals surface area (Å²) in [5.74, 6) is -1.32. The van der Waals surface area contributed by atoms with Gasteiger partial charge in [0.2, 0.25) is 5.91 Å². The van der Waals surface area contributed by atoms with Gasteiger partial charge in [-0.25, -0.2) is 0 Å². The van der Waals surface area contributed by atoms with E-state index in [-0.39, 0.29) is 18.7 Å². The van der Waals surface area contributed by atoms with Crippen molar-refractivity contribution in [2.75, 3.05) is 11.9 Å². The van der Waals surface area contributed by atoms with Gasteiger partial charge in [0.05, 0.1) is 6.42 Å². The van der Waals surface area contributed by atoms with E-state index in [1.807, 2.05) is 30.3 Å². The summed E-state index contributed by atoms with van der Waals surface area (Å²) >= 11 is 5.75. The summed E-state index contributed by atoms with van der Waals surface area (Å²) in [6.45, 7) is -0.00862. The second-order valence-corrected chi connectivity index (χ2v) is 5.91. The molecule has 0 fully saturated rings. The lowest BCUT2D eigenvalue weighted by atomic mass is 10.2. The fourth-order valence-electron chi connectivity index (χ4n) is 2.05. The van der Waals surface area contributed by atoms with Crippen LogP contribution in [-0.2, 0) is 25.7 Å². The van der Waals surface area contributed by atoms with Crippen LogP contribution in [0.2, 0.25) is 5.02 Å². The highest BCUT2D eigenvalue weighted by Crippen LogP contribution is 2.13. The zero-order valence-corrected chi connectivity index (χ0v) is 14.8. The fraction of sp³-hybridized carbons (Fsp3) is 0.211. The zero-order valence-electron chi connectivity index (χ0n) is 14.0. The smallest absolute Gasteiger partial charge is 0.306 e. The number of hydrogen-bond acceptors (Lipinski definition) is 4. The molecule has 2 aromatic carbocycles. The van der Waals surface area contributed by atoms with E-state index in [4.69, 9.17) is 16.3 Å². The quantitative estimate of drug-likeness (QED) is 0.696. The molecule has 0 radical (unpaired) electrons. The topological polar surface area (TPSA) is 84.5 Å². The average Bonchev–Trinajstić information content (AvgIpc) is 2.65. The highest BCUT2D eigenvalue weighted by molar-refractivity contribution is 6.30. The first-order valence-corrected chi connectivity index (χ1v) is 8.42. The Balaban J connectivity index is 1.61. The van der Waals surface area contributed by atoms with Gasteiger partial charge in [-0.3, -0.25) is 14.4 Å². The Morgan fingerprint density at radius 3 is 2.27 bits per heavy atom. The summed E-state index contributed by atoms with van der Waals surface area (Å²) in [6, 6.07) is 16.0. The molecule has 2 amide bonds. The number of hydrogen-bond donors (Lipinski definition) is 2. The van der Waals surface area contributed by atoms with Gasteiger partial charge >= 0.3 is 5.97 Å². The van der Waals surface area contributed by atoms with Gasteiger partial charge in [-0.15, -0.1) is 0 Å². The summed E-state index contributed by atoms with van der Waals surface area (Å²) in [7, 11) is 0. The molecule has 0 saturated heterocycles. The molecule has 136 valence electrons. The standard InChI is InChI=1S/C19H19ClN2O4/c20-15-6-8-16(9-7-15)22-18(24)13-26-19(25)11-10-17(23)21-12-14-4-2-1-3-5-14/h1-9H,10-13H2,(H,21,23)(H,22,24). The van der Waals surface area contributed by atoms with E-state index in [0.717, 1.165) is 5.56 Å². The normalized spacial score (nSPS) is 10.0. The van der Waals surface area contributed by atoms with E-state index in [0.29, 0.717) is 17.3 Å². The minimum absolute atomic E-state index is 0.00443. The van der Waals surface area contributed by atoms with Gasteiger partial charge in [-0.2, -0.15) is 0 Å². The molecule has 6 nitrogen and oxygen atoms in total. The van der Waals surface area contributed by atoms with Crippen molar-refractivity contribution >= 4 is 35.1 Å². The number of amides is 2. The Kier molecular flexibility index (Phi) is 7.64. The van der Waals surface area contributed by atoms with Crippen molar-refractivity contribution in [3.8, 4) is 0 Å². The summed E-state index contributed by atoms with van der Waals surface area (Å²) < 4.78 is 4.86. The number of rotatable bonds is 8. The molecule has 0 spiro atoms. The number of ether oxygens (including phenoxy) is 1. The van der Waals surface area contributed by atoms with Gasteiger partial charge in [0, 0.05) is 23.7 Å². The third-order valence-corrected chi connectivity index (χ3v) is 3.63. The summed E-state index contributed by atoms with van der Waals surface area (Å²) in [6.07, 6.45) is -0.0840. The summed E-state index contributed by atoms with van der Waals surface area (Å²) in [4.78, 5) is 35.0. The van der Waals surface area contributed by atoms with Crippen molar-refractivity contribution in [1.82, 2.24) is 5.32 Å². The summed E-state index contributed by atoms with van der Waals surface area (Å²) in [5.41, 5.74) is 1.53. The van der Waals surface area contributed by atoms with Gasteiger partial charge in [0.1, 0.15) is 0 Å². The molecular weight excluding hydrogens is 356 g/mol. The van der Waals surface area contributed by atoms with Gasteiger partial charge in [0.25, 0.3) is 5.91 Å². The molecule has 7 heteroatoms. The lowest BCUT2D eigenvalue weighted by molar-refractivity contribution is -0.148. The van der Waals surface area contributed by atoms with E-state index in [9.17, 15) is 14.4 Å². The molecule has 2 rings (SSSR count). The van der Waals surface area contributed by atoms with E-state index in [1.54, 1.807) is 24.3 Å². The lowest BCUT2D eigenvalue weighted by Gasteiger charge is -2.07. The van der Waals surface area contributed by atoms with Crippen LogP contribution in [0.3, 0.4) is 0 Å². The van der Waals surface area contributed by atoms with Crippen LogP contribution in [0.25, 0.3) is 0 Å². The molecule has 0 unspecified atom stereocenters. The van der Waals surface area contributed by atoms with Gasteiger partial charge in [0.15, 0.2) is 6.61 Å². The largest absolute Gasteiger partial charge is 0.456 e. The van der Waals surface area contributed by atoms with Crippen LogP contribution in [0.1, 0.15) is 18.4 Å². The van der Waals surface area contributed by atoms with Gasteiger partial charge in [-0.05, 0) is 29.8 Å². The Morgan fingerprint density at radius 2 is 1.58 bits per heavy atom. The first kappa shape index (κ1) is 19.5. The van der Waals surface area contributed by atoms with Crippen LogP contribution in [0.15, 0.2) is 54.6 Å². The molecule has 0 bridgehead atoms. The first-order chi connectivity index (χ1) is 12.5. The van der Waals surface area contributed by atoms with Crippen LogP contribution in [0.4, 0.5) is 5.69 Å². The number of carbonyl (C=O) groups is 3. The molecule has 0 atom stereocenters. The van der Waals surface area contributed by atoms with E-state index in [2.05, 4.69) is 10.6 Å². The number of nitrogens with one attached hydrogen (secondary N) is 2. The molecule has 2 N–H and O–H groups in total. The molecule has 0 aromatic heterocycles. The minimum Gasteiger partial charge on any atom is -0.456 e. The fourth-order valence-corrected chi connectivity index (χ4v) is 2.17. The van der Waals surface area contributed by atoms with Crippen LogP contribution in [0, 0.1) is 0 Å². The average molecular weight is 375 g/mol. The Labute approximate surface area is 156 Å². The van der Waals surface area contributed by atoms with Crippen molar-refractivity contribution < 1.29 is 19.1 Å². The maximum Gasteiger partial charge on any atom is 0.306 e. The maximum atomic E-state index is 11.7. The second-order valence-electron chi connectivity index (χ2n) is 5.48. The molecule has 26 heavy (non-hydrogen) atoms. The Morgan fingerprint density at radius 1 is 0.885 bits per heavy atom. The summed E-state index contributed by atoms with van der Waals surface area (Å²) in [5, 5.41) is 5.85. The van der Waals surface area contributed by atoms with Crippen molar-refractivity contribution in [1.29, 1.82) is 0 Å². The molecule has 0 aliphatic rings. The molecule has 0 aliphatic carbocycles. The van der Waals surface area contributed by atoms with Crippen molar-refractivity contribution in [2.45, 2.75) is 19.4 Å². The van der Waals surface area contributed by atoms with E-state index < -0.39 is 18.5 Å². The number of anilines is 1. The SMILES string of the molecule is O=C(CCC(=O)OCC(=O)Nc1ccc(Cl)cc1)NCc1ccccc1. The third kappa shape index (κ3) is 7.36. The van der Waals surface area contributed by atoms with Gasteiger partial charge in [-0.1, -0.05) is 41.9 Å². The number of benzene rings is 2. The van der Waals surface area contributed by atoms with Crippen LogP contribution >= 0.6 is 11.6 Å². The van der Waals surface area contributed by atoms with Crippen molar-refractivity contribution in [2.24, 2.45) is 0 Å². The zero-order chi connectivity index (χ0) is 18.8. The predicted octanol–water partition coefficient (Wildman–Crippen LogP) is 2.92. The molecule has 2 aromatic rings. The third-order valence-electron chi connectivity index (χ3n) is 3.38. The number of esters is 1. The highest BCUT2D eigenvalue weighted by Gasteiger charge is 2.10.